The minimum Gasteiger partial charge on any atom is -0.351 e. The van der Waals surface area contributed by atoms with E-state index >= 15 is 0 Å². The molecule has 0 radical (unpaired) electrons. The lowest BCUT2D eigenvalue weighted by molar-refractivity contribution is 0.247. The molecule has 1 saturated heterocycles. The summed E-state index contributed by atoms with van der Waals surface area (Å²) in [5, 5.41) is 17.8. The Morgan fingerprint density at radius 2 is 1.79 bits per heavy atom. The second-order valence-corrected chi connectivity index (χ2v) is 5.48. The number of anilines is 1. The minimum absolute atomic E-state index is 0.687. The van der Waals surface area contributed by atoms with Gasteiger partial charge in [-0.15, -0.1) is 5.10 Å². The number of piperazine rings is 1. The highest BCUT2D eigenvalue weighted by atomic mass is 15.3. The van der Waals surface area contributed by atoms with Crippen molar-refractivity contribution < 1.29 is 0 Å². The second-order valence-electron chi connectivity index (χ2n) is 5.48. The SMILES string of the molecule is Cc1nnc(N2CCN(C3CC3)CC2)c(C#N)c1C. The Bertz CT molecular complexity index is 521. The molecule has 2 heterocycles. The van der Waals surface area contributed by atoms with Gasteiger partial charge in [-0.2, -0.15) is 10.4 Å². The maximum Gasteiger partial charge on any atom is 0.169 e. The summed E-state index contributed by atoms with van der Waals surface area (Å²) < 4.78 is 0. The van der Waals surface area contributed by atoms with Crippen LogP contribution in [0.1, 0.15) is 29.7 Å². The highest BCUT2D eigenvalue weighted by Gasteiger charge is 2.32. The monoisotopic (exact) mass is 257 g/mol. The van der Waals surface area contributed by atoms with Gasteiger partial charge in [0, 0.05) is 32.2 Å². The van der Waals surface area contributed by atoms with Gasteiger partial charge in [0.15, 0.2) is 5.82 Å². The van der Waals surface area contributed by atoms with Crippen molar-refractivity contribution in [3.8, 4) is 6.07 Å². The molecule has 0 atom stereocenters. The maximum atomic E-state index is 9.35. The Balaban J connectivity index is 1.79. The van der Waals surface area contributed by atoms with Crippen LogP contribution < -0.4 is 4.90 Å². The number of aryl methyl sites for hydroxylation is 1. The Morgan fingerprint density at radius 1 is 1.11 bits per heavy atom. The van der Waals surface area contributed by atoms with Gasteiger partial charge in [0.25, 0.3) is 0 Å². The molecule has 2 fully saturated rings. The van der Waals surface area contributed by atoms with Crippen molar-refractivity contribution in [3.63, 3.8) is 0 Å². The van der Waals surface area contributed by atoms with Crippen LogP contribution in [0, 0.1) is 25.2 Å². The summed E-state index contributed by atoms with van der Waals surface area (Å²) >= 11 is 0. The Labute approximate surface area is 113 Å². The predicted octanol–water partition coefficient (Wildman–Crippen LogP) is 1.25. The van der Waals surface area contributed by atoms with Crippen LogP contribution >= 0.6 is 0 Å². The number of hydrogen-bond acceptors (Lipinski definition) is 5. The molecule has 1 aliphatic heterocycles. The first-order valence-corrected chi connectivity index (χ1v) is 6.93. The maximum absolute atomic E-state index is 9.35. The number of rotatable bonds is 2. The summed E-state index contributed by atoms with van der Waals surface area (Å²) in [5.41, 5.74) is 2.49. The lowest BCUT2D eigenvalue weighted by atomic mass is 10.1. The van der Waals surface area contributed by atoms with Gasteiger partial charge in [0.2, 0.25) is 0 Å². The molecule has 19 heavy (non-hydrogen) atoms. The zero-order chi connectivity index (χ0) is 13.4. The van der Waals surface area contributed by atoms with E-state index in [-0.39, 0.29) is 0 Å². The van der Waals surface area contributed by atoms with Crippen molar-refractivity contribution in [1.82, 2.24) is 15.1 Å². The summed E-state index contributed by atoms with van der Waals surface area (Å²) in [5.74, 6) is 0.765. The van der Waals surface area contributed by atoms with Crippen molar-refractivity contribution in [2.75, 3.05) is 31.1 Å². The first-order chi connectivity index (χ1) is 9.20. The topological polar surface area (TPSA) is 56.1 Å². The highest BCUT2D eigenvalue weighted by molar-refractivity contribution is 5.57. The fourth-order valence-electron chi connectivity index (χ4n) is 2.69. The van der Waals surface area contributed by atoms with Gasteiger partial charge < -0.3 is 4.90 Å². The smallest absolute Gasteiger partial charge is 0.169 e. The van der Waals surface area contributed by atoms with Crippen LogP contribution in [0.2, 0.25) is 0 Å². The van der Waals surface area contributed by atoms with E-state index in [9.17, 15) is 5.26 Å². The second kappa shape index (κ2) is 4.78. The zero-order valence-electron chi connectivity index (χ0n) is 11.6. The van der Waals surface area contributed by atoms with Crippen LogP contribution in [0.15, 0.2) is 0 Å². The average molecular weight is 257 g/mol. The van der Waals surface area contributed by atoms with Gasteiger partial charge in [-0.25, -0.2) is 0 Å². The molecule has 0 unspecified atom stereocenters. The van der Waals surface area contributed by atoms with E-state index in [0.29, 0.717) is 5.56 Å². The van der Waals surface area contributed by atoms with Gasteiger partial charge in [-0.1, -0.05) is 0 Å². The van der Waals surface area contributed by atoms with E-state index in [1.165, 1.54) is 12.8 Å². The van der Waals surface area contributed by atoms with Gasteiger partial charge >= 0.3 is 0 Å². The summed E-state index contributed by atoms with van der Waals surface area (Å²) in [6, 6.07) is 3.11. The Kier molecular flexibility index (Phi) is 3.11. The molecule has 0 spiro atoms. The first-order valence-electron chi connectivity index (χ1n) is 6.93. The third kappa shape index (κ3) is 2.28. The van der Waals surface area contributed by atoms with E-state index in [4.69, 9.17) is 0 Å². The number of aromatic nitrogens is 2. The minimum atomic E-state index is 0.687. The summed E-state index contributed by atoms with van der Waals surface area (Å²) in [4.78, 5) is 4.76. The third-order valence-electron chi connectivity index (χ3n) is 4.22. The third-order valence-corrected chi connectivity index (χ3v) is 4.22. The predicted molar refractivity (Wildman–Crippen MR) is 73.0 cm³/mol. The largest absolute Gasteiger partial charge is 0.351 e. The molecule has 100 valence electrons. The molecule has 0 amide bonds. The van der Waals surface area contributed by atoms with E-state index in [1.54, 1.807) is 0 Å². The van der Waals surface area contributed by atoms with Gasteiger partial charge in [0.05, 0.1) is 5.69 Å². The summed E-state index contributed by atoms with van der Waals surface area (Å²) in [6.45, 7) is 7.89. The van der Waals surface area contributed by atoms with Crippen molar-refractivity contribution in [3.05, 3.63) is 16.8 Å². The first kappa shape index (κ1) is 12.4. The molecule has 5 nitrogen and oxygen atoms in total. The fourth-order valence-corrected chi connectivity index (χ4v) is 2.69. The van der Waals surface area contributed by atoms with Crippen molar-refractivity contribution in [1.29, 1.82) is 5.26 Å². The Hall–Kier alpha value is -1.67. The zero-order valence-corrected chi connectivity index (χ0v) is 11.6. The molecule has 3 rings (SSSR count). The highest BCUT2D eigenvalue weighted by Crippen LogP contribution is 2.29. The molecule has 5 heteroatoms. The number of nitriles is 1. The molecule has 1 saturated carbocycles. The van der Waals surface area contributed by atoms with Crippen molar-refractivity contribution in [2.24, 2.45) is 0 Å². The molecule has 1 aromatic rings. The lowest BCUT2D eigenvalue weighted by Crippen LogP contribution is -2.47. The quantitative estimate of drug-likeness (QED) is 0.798. The van der Waals surface area contributed by atoms with E-state index in [2.05, 4.69) is 26.1 Å². The number of nitrogens with zero attached hydrogens (tertiary/aromatic N) is 5. The van der Waals surface area contributed by atoms with Gasteiger partial charge in [-0.05, 0) is 32.3 Å². The van der Waals surface area contributed by atoms with Crippen LogP contribution in [0.3, 0.4) is 0 Å². The number of hydrogen-bond donors (Lipinski definition) is 0. The van der Waals surface area contributed by atoms with Crippen LogP contribution in [0.5, 0.6) is 0 Å². The molecule has 2 aliphatic rings. The molecule has 1 aromatic heterocycles. The average Bonchev–Trinajstić information content (AvgIpc) is 3.26. The van der Waals surface area contributed by atoms with E-state index in [1.807, 2.05) is 13.8 Å². The fraction of sp³-hybridized carbons (Fsp3) is 0.643. The molecular formula is C14H19N5. The van der Waals surface area contributed by atoms with Crippen LogP contribution in [0.25, 0.3) is 0 Å². The lowest BCUT2D eigenvalue weighted by Gasteiger charge is -2.35. The normalized spacial score (nSPS) is 20.4. The Morgan fingerprint density at radius 3 is 2.37 bits per heavy atom. The summed E-state index contributed by atoms with van der Waals surface area (Å²) in [7, 11) is 0. The van der Waals surface area contributed by atoms with E-state index in [0.717, 1.165) is 49.3 Å². The van der Waals surface area contributed by atoms with E-state index < -0.39 is 0 Å². The molecular weight excluding hydrogens is 238 g/mol. The van der Waals surface area contributed by atoms with Crippen LogP contribution in [-0.4, -0.2) is 47.3 Å². The van der Waals surface area contributed by atoms with Crippen LogP contribution in [-0.2, 0) is 0 Å². The molecule has 0 N–H and O–H groups in total. The van der Waals surface area contributed by atoms with Crippen molar-refractivity contribution >= 4 is 5.82 Å². The van der Waals surface area contributed by atoms with Crippen LogP contribution in [0.4, 0.5) is 5.82 Å². The van der Waals surface area contributed by atoms with Gasteiger partial charge in [0.1, 0.15) is 11.6 Å². The van der Waals surface area contributed by atoms with Crippen molar-refractivity contribution in [2.45, 2.75) is 32.7 Å². The molecule has 0 bridgehead atoms. The molecule has 0 aromatic carbocycles. The molecule has 1 aliphatic carbocycles. The summed E-state index contributed by atoms with van der Waals surface area (Å²) in [6.07, 6.45) is 2.71. The van der Waals surface area contributed by atoms with Gasteiger partial charge in [-0.3, -0.25) is 4.90 Å². The standard InChI is InChI=1S/C14H19N5/c1-10-11(2)16-17-14(13(10)9-15)19-7-5-18(6-8-19)12-3-4-12/h12H,3-8H2,1-2H3.